The largest absolute Gasteiger partial charge is 0.356 e. The second-order valence-electron chi connectivity index (χ2n) is 8.37. The van der Waals surface area contributed by atoms with Crippen LogP contribution < -0.4 is 0 Å². The summed E-state index contributed by atoms with van der Waals surface area (Å²) in [4.78, 5) is 27.5. The summed E-state index contributed by atoms with van der Waals surface area (Å²) >= 11 is 0. The summed E-state index contributed by atoms with van der Waals surface area (Å²) in [5.41, 5.74) is 2.62. The van der Waals surface area contributed by atoms with E-state index in [9.17, 15) is 9.59 Å². The Morgan fingerprint density at radius 1 is 0.688 bits per heavy atom. The van der Waals surface area contributed by atoms with Crippen LogP contribution in [-0.2, 0) is 10.3 Å². The number of amides is 2. The van der Waals surface area contributed by atoms with Gasteiger partial charge in [0.25, 0.3) is 11.8 Å². The Bertz CT molecular complexity index is 1250. The van der Waals surface area contributed by atoms with Gasteiger partial charge in [0.2, 0.25) is 0 Å². The van der Waals surface area contributed by atoms with E-state index in [1.807, 2.05) is 72.8 Å². The summed E-state index contributed by atoms with van der Waals surface area (Å²) in [6.07, 6.45) is 0.477. The van der Waals surface area contributed by atoms with Crippen molar-refractivity contribution in [2.45, 2.75) is 18.1 Å². The molecule has 1 fully saturated rings. The van der Waals surface area contributed by atoms with Gasteiger partial charge in [-0.3, -0.25) is 14.5 Å². The molecule has 6 rings (SSSR count). The number of benzene rings is 4. The Labute approximate surface area is 186 Å². The molecule has 1 unspecified atom stereocenters. The Hall–Kier alpha value is -3.76. The van der Waals surface area contributed by atoms with Crippen LogP contribution >= 0.6 is 0 Å². The lowest BCUT2D eigenvalue weighted by atomic mass is 9.87. The molecule has 2 aliphatic heterocycles. The van der Waals surface area contributed by atoms with Crippen LogP contribution in [0, 0.1) is 0 Å². The quantitative estimate of drug-likeness (QED) is 0.331. The molecule has 0 radical (unpaired) electrons. The Balaban J connectivity index is 1.26. The van der Waals surface area contributed by atoms with Crippen molar-refractivity contribution in [2.24, 2.45) is 0 Å². The third-order valence-electron chi connectivity index (χ3n) is 6.58. The van der Waals surface area contributed by atoms with Crippen LogP contribution in [0.2, 0.25) is 0 Å². The van der Waals surface area contributed by atoms with Crippen LogP contribution in [0.3, 0.4) is 0 Å². The van der Waals surface area contributed by atoms with Gasteiger partial charge in [0, 0.05) is 6.54 Å². The molecule has 0 aromatic heterocycles. The van der Waals surface area contributed by atoms with E-state index in [1.165, 1.54) is 4.90 Å². The number of epoxide rings is 1. The van der Waals surface area contributed by atoms with Gasteiger partial charge in [-0.15, -0.1) is 0 Å². The minimum Gasteiger partial charge on any atom is -0.356 e. The fraction of sp³-hybridized carbons (Fsp3) is 0.143. The maximum atomic E-state index is 13.0. The molecule has 32 heavy (non-hydrogen) atoms. The molecule has 2 amide bonds. The Kier molecular flexibility index (Phi) is 4.23. The molecule has 2 aliphatic rings. The maximum Gasteiger partial charge on any atom is 0.261 e. The first kappa shape index (κ1) is 19.0. The van der Waals surface area contributed by atoms with Gasteiger partial charge >= 0.3 is 0 Å². The van der Waals surface area contributed by atoms with Crippen molar-refractivity contribution >= 4 is 22.6 Å². The zero-order valence-electron chi connectivity index (χ0n) is 17.4. The highest BCUT2D eigenvalue weighted by atomic mass is 16.6. The number of rotatable bonds is 5. The molecule has 0 saturated carbocycles. The molecule has 156 valence electrons. The van der Waals surface area contributed by atoms with Crippen LogP contribution in [0.15, 0.2) is 97.1 Å². The molecule has 0 aliphatic carbocycles. The van der Waals surface area contributed by atoms with Crippen molar-refractivity contribution in [2.75, 3.05) is 6.54 Å². The molecular formula is C28H21NO3. The van der Waals surface area contributed by atoms with Gasteiger partial charge in [-0.05, 0) is 40.5 Å². The number of hydrogen-bond acceptors (Lipinski definition) is 3. The monoisotopic (exact) mass is 419 g/mol. The van der Waals surface area contributed by atoms with Crippen LogP contribution in [0.4, 0.5) is 0 Å². The number of carbonyl (C=O) groups excluding carboxylic acids is 2. The normalized spacial score (nSPS) is 18.8. The highest BCUT2D eigenvalue weighted by molar-refractivity contribution is 6.23. The fourth-order valence-electron chi connectivity index (χ4n) is 4.93. The standard InChI is InChI=1S/C28H21NO3/c30-26-23-17-19-9-7-8-10-20(19)18-24(23)27(31)29(26)16-15-25-28(32-25,21-11-3-1-4-12-21)22-13-5-2-6-14-22/h1-14,17-18,25H,15-16H2. The molecule has 2 heterocycles. The topological polar surface area (TPSA) is 49.9 Å². The summed E-state index contributed by atoms with van der Waals surface area (Å²) in [6.45, 7) is 0.328. The third kappa shape index (κ3) is 2.80. The first-order valence-corrected chi connectivity index (χ1v) is 10.9. The minimum atomic E-state index is -0.532. The lowest BCUT2D eigenvalue weighted by Crippen LogP contribution is -2.32. The minimum absolute atomic E-state index is 0.101. The molecule has 1 atom stereocenters. The second kappa shape index (κ2) is 7.14. The lowest BCUT2D eigenvalue weighted by molar-refractivity contribution is 0.0649. The summed E-state index contributed by atoms with van der Waals surface area (Å²) in [6, 6.07) is 31.7. The SMILES string of the molecule is O=C1c2cc3ccccc3cc2C(=O)N1CCC1OC1(c1ccccc1)c1ccccc1. The summed E-state index contributed by atoms with van der Waals surface area (Å²) in [5.74, 6) is -0.442. The average Bonchev–Trinajstić information content (AvgIpc) is 3.54. The van der Waals surface area contributed by atoms with E-state index in [2.05, 4.69) is 24.3 Å². The van der Waals surface area contributed by atoms with Crippen molar-refractivity contribution in [3.63, 3.8) is 0 Å². The first-order valence-electron chi connectivity index (χ1n) is 10.9. The van der Waals surface area contributed by atoms with Gasteiger partial charge in [-0.25, -0.2) is 0 Å². The van der Waals surface area contributed by atoms with Gasteiger partial charge in [0.05, 0.1) is 17.2 Å². The van der Waals surface area contributed by atoms with E-state index in [1.54, 1.807) is 0 Å². The number of nitrogens with zero attached hydrogens (tertiary/aromatic N) is 1. The van der Waals surface area contributed by atoms with E-state index in [4.69, 9.17) is 4.74 Å². The van der Waals surface area contributed by atoms with E-state index in [0.29, 0.717) is 24.1 Å². The third-order valence-corrected chi connectivity index (χ3v) is 6.58. The smallest absolute Gasteiger partial charge is 0.261 e. The van der Waals surface area contributed by atoms with Crippen LogP contribution in [0.1, 0.15) is 38.3 Å². The fourth-order valence-corrected chi connectivity index (χ4v) is 4.93. The van der Waals surface area contributed by atoms with Crippen molar-refractivity contribution in [3.05, 3.63) is 119 Å². The molecule has 0 spiro atoms. The number of ether oxygens (including phenoxy) is 1. The second-order valence-corrected chi connectivity index (χ2v) is 8.37. The van der Waals surface area contributed by atoms with Crippen LogP contribution in [0.25, 0.3) is 10.8 Å². The average molecular weight is 419 g/mol. The van der Waals surface area contributed by atoms with E-state index in [0.717, 1.165) is 21.9 Å². The van der Waals surface area contributed by atoms with E-state index in [-0.39, 0.29) is 17.9 Å². The molecule has 4 aromatic carbocycles. The van der Waals surface area contributed by atoms with Crippen molar-refractivity contribution < 1.29 is 14.3 Å². The first-order chi connectivity index (χ1) is 15.7. The van der Waals surface area contributed by atoms with E-state index < -0.39 is 5.60 Å². The zero-order valence-corrected chi connectivity index (χ0v) is 17.4. The predicted molar refractivity (Wildman–Crippen MR) is 122 cm³/mol. The summed E-state index contributed by atoms with van der Waals surface area (Å²) in [7, 11) is 0. The van der Waals surface area contributed by atoms with Gasteiger partial charge in [0.15, 0.2) is 0 Å². The van der Waals surface area contributed by atoms with Crippen LogP contribution in [0.5, 0.6) is 0 Å². The maximum absolute atomic E-state index is 13.0. The Morgan fingerprint density at radius 3 is 1.66 bits per heavy atom. The van der Waals surface area contributed by atoms with Crippen molar-refractivity contribution in [1.29, 1.82) is 0 Å². The number of imide groups is 1. The molecule has 4 aromatic rings. The molecular weight excluding hydrogens is 398 g/mol. The van der Waals surface area contributed by atoms with Gasteiger partial charge < -0.3 is 4.74 Å². The highest BCUT2D eigenvalue weighted by Gasteiger charge is 2.58. The van der Waals surface area contributed by atoms with Crippen molar-refractivity contribution in [3.8, 4) is 0 Å². The molecule has 4 heteroatoms. The van der Waals surface area contributed by atoms with Gasteiger partial charge in [0.1, 0.15) is 5.60 Å². The molecule has 1 saturated heterocycles. The molecule has 0 bridgehead atoms. The van der Waals surface area contributed by atoms with Gasteiger partial charge in [-0.2, -0.15) is 0 Å². The highest BCUT2D eigenvalue weighted by Crippen LogP contribution is 2.53. The zero-order chi connectivity index (χ0) is 21.7. The van der Waals surface area contributed by atoms with E-state index >= 15 is 0 Å². The summed E-state index contributed by atoms with van der Waals surface area (Å²) < 4.78 is 6.30. The van der Waals surface area contributed by atoms with Crippen molar-refractivity contribution in [1.82, 2.24) is 4.90 Å². The number of hydrogen-bond donors (Lipinski definition) is 0. The molecule has 0 N–H and O–H groups in total. The van der Waals surface area contributed by atoms with Crippen LogP contribution in [-0.4, -0.2) is 29.4 Å². The van der Waals surface area contributed by atoms with Gasteiger partial charge in [-0.1, -0.05) is 84.9 Å². The Morgan fingerprint density at radius 2 is 1.16 bits per heavy atom. The lowest BCUT2D eigenvalue weighted by Gasteiger charge is -2.16. The summed E-state index contributed by atoms with van der Waals surface area (Å²) in [5, 5.41) is 1.93. The number of fused-ring (bicyclic) bond motifs is 2. The number of carbonyl (C=O) groups is 2. The predicted octanol–water partition coefficient (Wildman–Crippen LogP) is 5.17. The molecule has 4 nitrogen and oxygen atoms in total.